The number of aliphatic imine (C=N–C) groups is 1. The molecule has 62 valence electrons. The fourth-order valence-corrected chi connectivity index (χ4v) is 0.975. The summed E-state index contributed by atoms with van der Waals surface area (Å²) >= 11 is 5.60. The van der Waals surface area contributed by atoms with Gasteiger partial charge >= 0.3 is 0 Å². The highest BCUT2D eigenvalue weighted by atomic mass is 35.5. The molecule has 0 aromatic heterocycles. The fraction of sp³-hybridized carbons (Fsp3) is 0.125. The summed E-state index contributed by atoms with van der Waals surface area (Å²) < 4.78 is 0. The van der Waals surface area contributed by atoms with Crippen LogP contribution < -0.4 is 0 Å². The maximum Gasteiger partial charge on any atom is 0.235 e. The zero-order valence-electron chi connectivity index (χ0n) is 6.12. The molecule has 0 spiro atoms. The highest BCUT2D eigenvalue weighted by Gasteiger charge is 1.98. The molecule has 0 fully saturated rings. The minimum atomic E-state index is 0.0236. The van der Waals surface area contributed by atoms with E-state index >= 15 is 0 Å². The van der Waals surface area contributed by atoms with Crippen molar-refractivity contribution in [2.75, 3.05) is 0 Å². The first-order chi connectivity index (χ1) is 5.74. The Morgan fingerprint density at radius 3 is 2.92 bits per heavy atom. The second-order valence-corrected chi connectivity index (χ2v) is 2.60. The van der Waals surface area contributed by atoms with Gasteiger partial charge < -0.3 is 5.11 Å². The molecule has 1 N–H and O–H groups in total. The minimum Gasteiger partial charge on any atom is -0.506 e. The number of benzene rings is 1. The molecular formula is C8H6ClNO2. The molecule has 1 aromatic rings. The van der Waals surface area contributed by atoms with E-state index in [-0.39, 0.29) is 17.3 Å². The molecule has 0 aliphatic carbocycles. The Morgan fingerprint density at radius 1 is 1.58 bits per heavy atom. The van der Waals surface area contributed by atoms with Gasteiger partial charge in [-0.25, -0.2) is 9.79 Å². The summed E-state index contributed by atoms with van der Waals surface area (Å²) in [6.07, 6.45) is 1.42. The molecule has 0 bridgehead atoms. The SMILES string of the molecule is O=C=NCc1ccc(O)c(Cl)c1. The second-order valence-electron chi connectivity index (χ2n) is 2.19. The number of halogens is 1. The molecule has 0 aliphatic rings. The molecule has 0 saturated carbocycles. The number of rotatable bonds is 2. The molecule has 0 aliphatic heterocycles. The van der Waals surface area contributed by atoms with Crippen LogP contribution in [0, 0.1) is 0 Å². The summed E-state index contributed by atoms with van der Waals surface area (Å²) in [5.41, 5.74) is 0.765. The first kappa shape index (κ1) is 8.78. The minimum absolute atomic E-state index is 0.0236. The van der Waals surface area contributed by atoms with Crippen LogP contribution in [0.3, 0.4) is 0 Å². The Balaban J connectivity index is 2.89. The van der Waals surface area contributed by atoms with E-state index < -0.39 is 0 Å². The van der Waals surface area contributed by atoms with E-state index in [1.54, 1.807) is 12.1 Å². The Hall–Kier alpha value is -1.31. The molecule has 4 heteroatoms. The van der Waals surface area contributed by atoms with Crippen molar-refractivity contribution in [1.82, 2.24) is 0 Å². The Labute approximate surface area is 74.3 Å². The summed E-state index contributed by atoms with van der Waals surface area (Å²) in [7, 11) is 0. The van der Waals surface area contributed by atoms with Gasteiger partial charge in [-0.3, -0.25) is 0 Å². The van der Waals surface area contributed by atoms with Gasteiger partial charge in [-0.2, -0.15) is 0 Å². The smallest absolute Gasteiger partial charge is 0.235 e. The lowest BCUT2D eigenvalue weighted by molar-refractivity contribution is 0.475. The number of carbonyl (C=O) groups excluding carboxylic acids is 1. The Morgan fingerprint density at radius 2 is 2.33 bits per heavy atom. The van der Waals surface area contributed by atoms with Crippen molar-refractivity contribution in [2.45, 2.75) is 6.54 Å². The first-order valence-electron chi connectivity index (χ1n) is 3.25. The molecule has 0 saturated heterocycles. The van der Waals surface area contributed by atoms with Crippen LogP contribution in [0.4, 0.5) is 0 Å². The van der Waals surface area contributed by atoms with Gasteiger partial charge in [0.15, 0.2) is 0 Å². The van der Waals surface area contributed by atoms with Crippen LogP contribution in [0.5, 0.6) is 5.75 Å². The van der Waals surface area contributed by atoms with Crippen molar-refractivity contribution in [2.24, 2.45) is 4.99 Å². The van der Waals surface area contributed by atoms with E-state index in [1.165, 1.54) is 12.1 Å². The van der Waals surface area contributed by atoms with Crippen LogP contribution in [-0.2, 0) is 11.3 Å². The normalized spacial score (nSPS) is 9.08. The molecule has 1 aromatic carbocycles. The standard InChI is InChI=1S/C8H6ClNO2/c9-7-3-6(4-10-5-11)1-2-8(7)12/h1-3,12H,4H2. The number of hydrogen-bond donors (Lipinski definition) is 1. The molecule has 0 amide bonds. The van der Waals surface area contributed by atoms with Crippen molar-refractivity contribution in [3.8, 4) is 5.75 Å². The van der Waals surface area contributed by atoms with Gasteiger partial charge in [-0.1, -0.05) is 17.7 Å². The highest BCUT2D eigenvalue weighted by Crippen LogP contribution is 2.23. The summed E-state index contributed by atoms with van der Waals surface area (Å²) in [5, 5.41) is 9.29. The fourth-order valence-electron chi connectivity index (χ4n) is 0.772. The van der Waals surface area contributed by atoms with Gasteiger partial charge in [0.05, 0.1) is 11.6 Å². The zero-order chi connectivity index (χ0) is 8.97. The number of isocyanates is 1. The van der Waals surface area contributed by atoms with Crippen molar-refractivity contribution in [3.05, 3.63) is 28.8 Å². The lowest BCUT2D eigenvalue weighted by atomic mass is 10.2. The largest absolute Gasteiger partial charge is 0.506 e. The quantitative estimate of drug-likeness (QED) is 0.562. The van der Waals surface area contributed by atoms with Crippen LogP contribution in [-0.4, -0.2) is 11.2 Å². The lowest BCUT2D eigenvalue weighted by Gasteiger charge is -1.98. The summed E-state index contributed by atoms with van der Waals surface area (Å²) in [6, 6.07) is 4.65. The van der Waals surface area contributed by atoms with E-state index in [2.05, 4.69) is 4.99 Å². The average Bonchev–Trinajstić information content (AvgIpc) is 2.07. The van der Waals surface area contributed by atoms with Gasteiger partial charge in [-0.15, -0.1) is 0 Å². The number of phenols is 1. The number of phenolic OH excluding ortho intramolecular Hbond substituents is 1. The number of nitrogens with zero attached hydrogens (tertiary/aromatic N) is 1. The van der Waals surface area contributed by atoms with Crippen LogP contribution in [0.15, 0.2) is 23.2 Å². The maximum atomic E-state index is 9.76. The summed E-state index contributed by atoms with van der Waals surface area (Å²) in [6.45, 7) is 0.240. The third kappa shape index (κ3) is 2.09. The van der Waals surface area contributed by atoms with Gasteiger partial charge in [0.1, 0.15) is 5.75 Å². The van der Waals surface area contributed by atoms with Crippen molar-refractivity contribution >= 4 is 17.7 Å². The third-order valence-corrected chi connectivity index (χ3v) is 1.64. The first-order valence-corrected chi connectivity index (χ1v) is 3.63. The van der Waals surface area contributed by atoms with Crippen LogP contribution in [0.25, 0.3) is 0 Å². The lowest BCUT2D eigenvalue weighted by Crippen LogP contribution is -1.80. The van der Waals surface area contributed by atoms with Crippen molar-refractivity contribution in [3.63, 3.8) is 0 Å². The molecule has 0 atom stereocenters. The van der Waals surface area contributed by atoms with E-state index in [1.807, 2.05) is 0 Å². The molecule has 0 unspecified atom stereocenters. The number of aromatic hydroxyl groups is 1. The van der Waals surface area contributed by atoms with E-state index in [9.17, 15) is 4.79 Å². The topological polar surface area (TPSA) is 49.7 Å². The Bertz CT molecular complexity index is 332. The number of hydrogen-bond acceptors (Lipinski definition) is 3. The average molecular weight is 184 g/mol. The van der Waals surface area contributed by atoms with Crippen LogP contribution in [0.1, 0.15) is 5.56 Å². The van der Waals surface area contributed by atoms with Crippen molar-refractivity contribution in [1.29, 1.82) is 0 Å². The molecule has 1 rings (SSSR count). The molecule has 3 nitrogen and oxygen atoms in total. The predicted molar refractivity (Wildman–Crippen MR) is 44.9 cm³/mol. The van der Waals surface area contributed by atoms with E-state index in [0.29, 0.717) is 0 Å². The van der Waals surface area contributed by atoms with Crippen molar-refractivity contribution < 1.29 is 9.90 Å². The highest BCUT2D eigenvalue weighted by molar-refractivity contribution is 6.32. The summed E-state index contributed by atoms with van der Waals surface area (Å²) in [5.74, 6) is 0.0236. The van der Waals surface area contributed by atoms with Gasteiger partial charge in [-0.05, 0) is 17.7 Å². The summed E-state index contributed by atoms with van der Waals surface area (Å²) in [4.78, 5) is 13.1. The van der Waals surface area contributed by atoms with Gasteiger partial charge in [0, 0.05) is 0 Å². The molecule has 0 radical (unpaired) electrons. The van der Waals surface area contributed by atoms with E-state index in [4.69, 9.17) is 16.7 Å². The van der Waals surface area contributed by atoms with Gasteiger partial charge in [0.25, 0.3) is 0 Å². The maximum absolute atomic E-state index is 9.76. The second kappa shape index (κ2) is 3.90. The third-order valence-electron chi connectivity index (χ3n) is 1.34. The predicted octanol–water partition coefficient (Wildman–Crippen LogP) is 1.88. The van der Waals surface area contributed by atoms with Crippen LogP contribution in [0.2, 0.25) is 5.02 Å². The molecule has 0 heterocycles. The monoisotopic (exact) mass is 183 g/mol. The van der Waals surface area contributed by atoms with Gasteiger partial charge in [0.2, 0.25) is 6.08 Å². The van der Waals surface area contributed by atoms with Crippen LogP contribution >= 0.6 is 11.6 Å². The molecule has 12 heavy (non-hydrogen) atoms. The van der Waals surface area contributed by atoms with E-state index in [0.717, 1.165) is 5.56 Å². The zero-order valence-corrected chi connectivity index (χ0v) is 6.88. The Kier molecular flexibility index (Phi) is 2.86. The molecular weight excluding hydrogens is 178 g/mol.